The van der Waals surface area contributed by atoms with E-state index < -0.39 is 5.91 Å². The predicted octanol–water partition coefficient (Wildman–Crippen LogP) is 3.00. The number of thiazole rings is 1. The highest BCUT2D eigenvalue weighted by Gasteiger charge is 2.11. The van der Waals surface area contributed by atoms with Gasteiger partial charge in [-0.05, 0) is 23.8 Å². The number of aromatic nitrogens is 1. The molecule has 2 amide bonds. The molecule has 3 aromatic rings. The highest BCUT2D eigenvalue weighted by molar-refractivity contribution is 7.14. The van der Waals surface area contributed by atoms with Crippen LogP contribution in [0, 0.1) is 0 Å². The zero-order valence-electron chi connectivity index (χ0n) is 13.8. The van der Waals surface area contributed by atoms with Gasteiger partial charge in [-0.1, -0.05) is 36.4 Å². The van der Waals surface area contributed by atoms with Crippen LogP contribution in [0.4, 0.5) is 5.13 Å². The lowest BCUT2D eigenvalue weighted by Crippen LogP contribution is -2.14. The number of carbonyl (C=O) groups is 2. The van der Waals surface area contributed by atoms with Crippen LogP contribution in [0.2, 0.25) is 0 Å². The fraction of sp³-hybridized carbons (Fsp3) is 0.105. The molecule has 7 heteroatoms. The predicted molar refractivity (Wildman–Crippen MR) is 100 cm³/mol. The molecule has 1 aromatic heterocycles. The Hall–Kier alpha value is -3.19. The standard InChI is InChI=1S/C19H17N3O3S/c20-17(23)10-15-12-26-19(21-15)22-18(24)14-7-4-8-16(9-14)25-11-13-5-2-1-3-6-13/h1-9,12H,10-11H2,(H2,20,23)(H,21,22,24). The van der Waals surface area contributed by atoms with Crippen molar-refractivity contribution in [2.45, 2.75) is 13.0 Å². The summed E-state index contributed by atoms with van der Waals surface area (Å²) in [5.41, 5.74) is 7.19. The zero-order valence-corrected chi connectivity index (χ0v) is 14.7. The van der Waals surface area contributed by atoms with E-state index >= 15 is 0 Å². The van der Waals surface area contributed by atoms with Crippen molar-refractivity contribution in [1.29, 1.82) is 0 Å². The van der Waals surface area contributed by atoms with E-state index in [4.69, 9.17) is 10.5 Å². The summed E-state index contributed by atoms with van der Waals surface area (Å²) >= 11 is 1.24. The molecule has 1 heterocycles. The Balaban J connectivity index is 1.62. The maximum Gasteiger partial charge on any atom is 0.257 e. The van der Waals surface area contributed by atoms with Crippen LogP contribution in [0.1, 0.15) is 21.6 Å². The first-order valence-electron chi connectivity index (χ1n) is 7.91. The minimum absolute atomic E-state index is 0.0508. The van der Waals surface area contributed by atoms with Gasteiger partial charge >= 0.3 is 0 Å². The molecule has 0 aliphatic carbocycles. The molecule has 26 heavy (non-hydrogen) atoms. The van der Waals surface area contributed by atoms with E-state index in [0.717, 1.165) is 5.56 Å². The fourth-order valence-electron chi connectivity index (χ4n) is 2.26. The van der Waals surface area contributed by atoms with Gasteiger partial charge in [-0.25, -0.2) is 4.98 Å². The summed E-state index contributed by atoms with van der Waals surface area (Å²) in [6.07, 6.45) is 0.0508. The number of carbonyl (C=O) groups excluding carboxylic acids is 2. The van der Waals surface area contributed by atoms with Gasteiger partial charge in [-0.15, -0.1) is 11.3 Å². The lowest BCUT2D eigenvalue weighted by Gasteiger charge is -2.08. The largest absolute Gasteiger partial charge is 0.489 e. The molecule has 0 fully saturated rings. The first-order chi connectivity index (χ1) is 12.6. The van der Waals surface area contributed by atoms with Gasteiger partial charge in [0.05, 0.1) is 12.1 Å². The molecule has 3 N–H and O–H groups in total. The van der Waals surface area contributed by atoms with Crippen LogP contribution in [0.25, 0.3) is 0 Å². The van der Waals surface area contributed by atoms with Crippen LogP contribution < -0.4 is 15.8 Å². The summed E-state index contributed by atoms with van der Waals surface area (Å²) in [7, 11) is 0. The SMILES string of the molecule is NC(=O)Cc1csc(NC(=O)c2cccc(OCc3ccccc3)c2)n1. The molecule has 0 aliphatic heterocycles. The molecule has 0 bridgehead atoms. The van der Waals surface area contributed by atoms with Crippen molar-refractivity contribution in [3.8, 4) is 5.75 Å². The fourth-order valence-corrected chi connectivity index (χ4v) is 2.97. The van der Waals surface area contributed by atoms with Crippen LogP contribution in [0.3, 0.4) is 0 Å². The van der Waals surface area contributed by atoms with Gasteiger partial charge in [-0.2, -0.15) is 0 Å². The van der Waals surface area contributed by atoms with Crippen molar-refractivity contribution in [3.63, 3.8) is 0 Å². The summed E-state index contributed by atoms with van der Waals surface area (Å²) in [6, 6.07) is 16.7. The van der Waals surface area contributed by atoms with Crippen LogP contribution in [-0.4, -0.2) is 16.8 Å². The van der Waals surface area contributed by atoms with E-state index in [2.05, 4.69) is 10.3 Å². The highest BCUT2D eigenvalue weighted by atomic mass is 32.1. The summed E-state index contributed by atoms with van der Waals surface area (Å²) in [5.74, 6) is -0.151. The molecule has 0 unspecified atom stereocenters. The number of anilines is 1. The lowest BCUT2D eigenvalue weighted by molar-refractivity contribution is -0.117. The molecular formula is C19H17N3O3S. The number of hydrogen-bond acceptors (Lipinski definition) is 5. The third-order valence-electron chi connectivity index (χ3n) is 3.47. The number of benzene rings is 2. The van der Waals surface area contributed by atoms with Gasteiger partial charge in [0.25, 0.3) is 5.91 Å². The minimum Gasteiger partial charge on any atom is -0.489 e. The normalized spacial score (nSPS) is 10.3. The van der Waals surface area contributed by atoms with E-state index in [0.29, 0.717) is 28.7 Å². The second-order valence-electron chi connectivity index (χ2n) is 5.54. The van der Waals surface area contributed by atoms with Crippen LogP contribution >= 0.6 is 11.3 Å². The number of nitrogens with zero attached hydrogens (tertiary/aromatic N) is 1. The third kappa shape index (κ3) is 4.90. The number of nitrogens with two attached hydrogens (primary N) is 1. The van der Waals surface area contributed by atoms with Gasteiger partial charge < -0.3 is 10.5 Å². The second kappa shape index (κ2) is 8.26. The van der Waals surface area contributed by atoms with Crippen LogP contribution in [0.15, 0.2) is 60.0 Å². The third-order valence-corrected chi connectivity index (χ3v) is 4.28. The topological polar surface area (TPSA) is 94.3 Å². The zero-order chi connectivity index (χ0) is 18.4. The first-order valence-corrected chi connectivity index (χ1v) is 8.79. The van der Waals surface area contributed by atoms with Gasteiger partial charge in [0.15, 0.2) is 5.13 Å². The Kier molecular flexibility index (Phi) is 5.60. The number of hydrogen-bond donors (Lipinski definition) is 2. The minimum atomic E-state index is -0.462. The van der Waals surface area contributed by atoms with Gasteiger partial charge in [0.2, 0.25) is 5.91 Å². The van der Waals surface area contributed by atoms with Crippen LogP contribution in [0.5, 0.6) is 5.75 Å². The summed E-state index contributed by atoms with van der Waals surface area (Å²) in [5, 5.41) is 4.83. The van der Waals surface area contributed by atoms with Crippen LogP contribution in [-0.2, 0) is 17.8 Å². The van der Waals surface area contributed by atoms with E-state index in [9.17, 15) is 9.59 Å². The van der Waals surface area contributed by atoms with Gasteiger partial charge in [0, 0.05) is 10.9 Å². The molecular weight excluding hydrogens is 350 g/mol. The monoisotopic (exact) mass is 367 g/mol. The van der Waals surface area contributed by atoms with Crippen molar-refractivity contribution in [3.05, 3.63) is 76.8 Å². The van der Waals surface area contributed by atoms with E-state index in [1.54, 1.807) is 29.6 Å². The number of primary amides is 1. The van der Waals surface area contributed by atoms with E-state index in [-0.39, 0.29) is 12.3 Å². The molecule has 132 valence electrons. The molecule has 0 aliphatic rings. The van der Waals surface area contributed by atoms with Crippen molar-refractivity contribution in [2.75, 3.05) is 5.32 Å². The Morgan fingerprint density at radius 2 is 1.92 bits per heavy atom. The Labute approximate surface area is 154 Å². The quantitative estimate of drug-likeness (QED) is 0.671. The molecule has 3 rings (SSSR count). The Morgan fingerprint density at radius 3 is 2.69 bits per heavy atom. The number of nitrogens with one attached hydrogen (secondary N) is 1. The number of rotatable bonds is 7. The highest BCUT2D eigenvalue weighted by Crippen LogP contribution is 2.19. The molecule has 0 saturated heterocycles. The molecule has 0 saturated carbocycles. The smallest absolute Gasteiger partial charge is 0.257 e. The van der Waals surface area contributed by atoms with E-state index in [1.165, 1.54) is 11.3 Å². The van der Waals surface area contributed by atoms with E-state index in [1.807, 2.05) is 30.3 Å². The Morgan fingerprint density at radius 1 is 1.12 bits per heavy atom. The summed E-state index contributed by atoms with van der Waals surface area (Å²) in [6.45, 7) is 0.425. The van der Waals surface area contributed by atoms with Crippen molar-refractivity contribution in [2.24, 2.45) is 5.73 Å². The lowest BCUT2D eigenvalue weighted by atomic mass is 10.2. The number of ether oxygens (including phenoxy) is 1. The maximum absolute atomic E-state index is 12.4. The first kappa shape index (κ1) is 17.6. The summed E-state index contributed by atoms with van der Waals surface area (Å²) in [4.78, 5) is 27.5. The maximum atomic E-state index is 12.4. The van der Waals surface area contributed by atoms with Gasteiger partial charge in [0.1, 0.15) is 12.4 Å². The second-order valence-corrected chi connectivity index (χ2v) is 6.40. The average molecular weight is 367 g/mol. The molecule has 6 nitrogen and oxygen atoms in total. The van der Waals surface area contributed by atoms with Crippen molar-refractivity contribution in [1.82, 2.24) is 4.98 Å². The van der Waals surface area contributed by atoms with Crippen molar-refractivity contribution >= 4 is 28.3 Å². The molecule has 0 radical (unpaired) electrons. The molecule has 0 spiro atoms. The molecule has 0 atom stereocenters. The molecule has 2 aromatic carbocycles. The van der Waals surface area contributed by atoms with Gasteiger partial charge in [-0.3, -0.25) is 14.9 Å². The average Bonchev–Trinajstić information content (AvgIpc) is 3.07. The Bertz CT molecular complexity index is 909. The summed E-state index contributed by atoms with van der Waals surface area (Å²) < 4.78 is 5.74. The van der Waals surface area contributed by atoms with Crippen molar-refractivity contribution < 1.29 is 14.3 Å². The number of amides is 2.